The smallest absolute Gasteiger partial charge is 0.250 e. The lowest BCUT2D eigenvalue weighted by Gasteiger charge is -2.13. The first-order chi connectivity index (χ1) is 7.79. The molecule has 0 radical (unpaired) electrons. The molecule has 1 aromatic carbocycles. The van der Waals surface area contributed by atoms with Crippen LogP contribution in [0.5, 0.6) is 5.75 Å². The van der Waals surface area contributed by atoms with Gasteiger partial charge in [-0.3, -0.25) is 9.63 Å². The Morgan fingerprint density at radius 3 is 2.75 bits per heavy atom. The van der Waals surface area contributed by atoms with Crippen molar-refractivity contribution in [1.82, 2.24) is 5.06 Å². The molecule has 1 aromatic rings. The van der Waals surface area contributed by atoms with Gasteiger partial charge in [-0.2, -0.15) is 0 Å². The molecule has 2 rings (SSSR count). The molecule has 16 heavy (non-hydrogen) atoms. The van der Waals surface area contributed by atoms with E-state index in [4.69, 9.17) is 9.57 Å². The van der Waals surface area contributed by atoms with Gasteiger partial charge < -0.3 is 4.74 Å². The molecule has 1 amide bonds. The normalized spacial score (nSPS) is 15.2. The topological polar surface area (TPSA) is 38.8 Å². The first-order valence-electron chi connectivity index (χ1n) is 5.36. The Kier molecular flexibility index (Phi) is 3.41. The summed E-state index contributed by atoms with van der Waals surface area (Å²) in [7, 11) is 1.62. The maximum Gasteiger partial charge on any atom is 0.250 e. The lowest BCUT2D eigenvalue weighted by atomic mass is 10.1. The summed E-state index contributed by atoms with van der Waals surface area (Å²) in [5, 5.41) is 1.45. The molecule has 0 atom stereocenters. The summed E-state index contributed by atoms with van der Waals surface area (Å²) in [4.78, 5) is 16.9. The molecule has 1 aliphatic rings. The summed E-state index contributed by atoms with van der Waals surface area (Å²) in [6.07, 6.45) is 1.30. The molecule has 0 unspecified atom stereocenters. The number of rotatable bonds is 3. The lowest BCUT2D eigenvalue weighted by Crippen LogP contribution is -2.27. The van der Waals surface area contributed by atoms with Crippen molar-refractivity contribution in [2.75, 3.05) is 20.3 Å². The van der Waals surface area contributed by atoms with Crippen molar-refractivity contribution in [1.29, 1.82) is 0 Å². The molecule has 4 heteroatoms. The van der Waals surface area contributed by atoms with Crippen LogP contribution in [0.2, 0.25) is 0 Å². The van der Waals surface area contributed by atoms with E-state index in [0.29, 0.717) is 19.6 Å². The van der Waals surface area contributed by atoms with E-state index in [9.17, 15) is 4.79 Å². The van der Waals surface area contributed by atoms with Gasteiger partial charge in [-0.05, 0) is 24.1 Å². The van der Waals surface area contributed by atoms with Crippen LogP contribution in [0.4, 0.5) is 0 Å². The van der Waals surface area contributed by atoms with Gasteiger partial charge in [0, 0.05) is 0 Å². The van der Waals surface area contributed by atoms with Crippen LogP contribution in [0.15, 0.2) is 24.3 Å². The second-order valence-corrected chi connectivity index (χ2v) is 3.71. The van der Waals surface area contributed by atoms with Gasteiger partial charge in [0.1, 0.15) is 5.75 Å². The first-order valence-corrected chi connectivity index (χ1v) is 5.36. The van der Waals surface area contributed by atoms with Crippen molar-refractivity contribution in [2.45, 2.75) is 12.8 Å². The molecule has 0 saturated carbocycles. The molecule has 0 N–H and O–H groups in total. The second-order valence-electron chi connectivity index (χ2n) is 3.71. The number of hydroxylamine groups is 2. The fourth-order valence-corrected chi connectivity index (χ4v) is 1.65. The Labute approximate surface area is 94.7 Å². The number of ether oxygens (including phenoxy) is 1. The molecule has 86 valence electrons. The number of nitrogens with zero attached hydrogens (tertiary/aromatic N) is 1. The van der Waals surface area contributed by atoms with E-state index in [1.807, 2.05) is 24.3 Å². The SMILES string of the molecule is COc1ccc(CC(=O)N2CCCO2)cc1. The molecule has 1 fully saturated rings. The zero-order valence-electron chi connectivity index (χ0n) is 9.31. The predicted octanol–water partition coefficient (Wildman–Crippen LogP) is 1.40. The largest absolute Gasteiger partial charge is 0.497 e. The van der Waals surface area contributed by atoms with Crippen molar-refractivity contribution >= 4 is 5.91 Å². The summed E-state index contributed by atoms with van der Waals surface area (Å²) in [5.41, 5.74) is 0.973. The van der Waals surface area contributed by atoms with Gasteiger partial charge >= 0.3 is 0 Å². The van der Waals surface area contributed by atoms with Crippen LogP contribution >= 0.6 is 0 Å². The Balaban J connectivity index is 1.94. The van der Waals surface area contributed by atoms with E-state index in [1.54, 1.807) is 7.11 Å². The number of amides is 1. The van der Waals surface area contributed by atoms with E-state index in [-0.39, 0.29) is 5.91 Å². The molecule has 0 aliphatic carbocycles. The Morgan fingerprint density at radius 1 is 1.44 bits per heavy atom. The van der Waals surface area contributed by atoms with Crippen molar-refractivity contribution < 1.29 is 14.4 Å². The van der Waals surface area contributed by atoms with Gasteiger partial charge in [0.15, 0.2) is 0 Å². The minimum Gasteiger partial charge on any atom is -0.497 e. The van der Waals surface area contributed by atoms with Crippen LogP contribution in [0, 0.1) is 0 Å². The molecule has 0 aromatic heterocycles. The first kappa shape index (κ1) is 11.0. The number of methoxy groups -OCH3 is 1. The highest BCUT2D eigenvalue weighted by atomic mass is 16.7. The zero-order chi connectivity index (χ0) is 11.4. The lowest BCUT2D eigenvalue weighted by molar-refractivity contribution is -0.167. The van der Waals surface area contributed by atoms with Crippen LogP contribution < -0.4 is 4.74 Å². The second kappa shape index (κ2) is 4.99. The van der Waals surface area contributed by atoms with E-state index in [2.05, 4.69) is 0 Å². The van der Waals surface area contributed by atoms with E-state index >= 15 is 0 Å². The molecule has 4 nitrogen and oxygen atoms in total. The number of hydrogen-bond donors (Lipinski definition) is 0. The van der Waals surface area contributed by atoms with Crippen molar-refractivity contribution in [3.8, 4) is 5.75 Å². The summed E-state index contributed by atoms with van der Waals surface area (Å²) >= 11 is 0. The summed E-state index contributed by atoms with van der Waals surface area (Å²) in [6, 6.07) is 7.50. The number of benzene rings is 1. The van der Waals surface area contributed by atoms with E-state index < -0.39 is 0 Å². The summed E-state index contributed by atoms with van der Waals surface area (Å²) in [5.74, 6) is 0.816. The molecule has 0 spiro atoms. The van der Waals surface area contributed by atoms with Gasteiger partial charge in [0.2, 0.25) is 0 Å². The van der Waals surface area contributed by atoms with Crippen molar-refractivity contribution in [3.05, 3.63) is 29.8 Å². The molecule has 0 bridgehead atoms. The standard InChI is InChI=1S/C12H15NO3/c1-15-11-5-3-10(4-6-11)9-12(14)13-7-2-8-16-13/h3-6H,2,7-9H2,1H3. The highest BCUT2D eigenvalue weighted by Crippen LogP contribution is 2.13. The van der Waals surface area contributed by atoms with Crippen LogP contribution in [-0.4, -0.2) is 31.2 Å². The highest BCUT2D eigenvalue weighted by Gasteiger charge is 2.19. The fourth-order valence-electron chi connectivity index (χ4n) is 1.65. The monoisotopic (exact) mass is 221 g/mol. The van der Waals surface area contributed by atoms with Gasteiger partial charge in [0.25, 0.3) is 5.91 Å². The van der Waals surface area contributed by atoms with Crippen molar-refractivity contribution in [3.63, 3.8) is 0 Å². The minimum atomic E-state index is 0.0164. The maximum absolute atomic E-state index is 11.7. The molecular weight excluding hydrogens is 206 g/mol. The summed E-state index contributed by atoms with van der Waals surface area (Å²) in [6.45, 7) is 1.35. The van der Waals surface area contributed by atoms with Crippen LogP contribution in [0.3, 0.4) is 0 Å². The zero-order valence-corrected chi connectivity index (χ0v) is 9.31. The van der Waals surface area contributed by atoms with Crippen LogP contribution in [0.25, 0.3) is 0 Å². The third-order valence-corrected chi connectivity index (χ3v) is 2.55. The van der Waals surface area contributed by atoms with Crippen molar-refractivity contribution in [2.24, 2.45) is 0 Å². The number of carbonyl (C=O) groups excluding carboxylic acids is 1. The molecule has 1 aliphatic heterocycles. The quantitative estimate of drug-likeness (QED) is 0.774. The molecule has 1 saturated heterocycles. The number of carbonyl (C=O) groups is 1. The van der Waals surface area contributed by atoms with Crippen LogP contribution in [0.1, 0.15) is 12.0 Å². The van der Waals surface area contributed by atoms with Gasteiger partial charge in [-0.1, -0.05) is 12.1 Å². The Morgan fingerprint density at radius 2 is 2.19 bits per heavy atom. The van der Waals surface area contributed by atoms with Gasteiger partial charge in [-0.15, -0.1) is 0 Å². The average Bonchev–Trinajstić information content (AvgIpc) is 2.83. The number of hydrogen-bond acceptors (Lipinski definition) is 3. The average molecular weight is 221 g/mol. The van der Waals surface area contributed by atoms with Gasteiger partial charge in [-0.25, -0.2) is 5.06 Å². The third kappa shape index (κ3) is 2.52. The predicted molar refractivity (Wildman–Crippen MR) is 59.0 cm³/mol. The third-order valence-electron chi connectivity index (χ3n) is 2.55. The Bertz CT molecular complexity index is 355. The fraction of sp³-hybridized carbons (Fsp3) is 0.417. The molecular formula is C12H15NO3. The van der Waals surface area contributed by atoms with E-state index in [1.165, 1.54) is 5.06 Å². The summed E-state index contributed by atoms with van der Waals surface area (Å²) < 4.78 is 5.05. The molecule has 1 heterocycles. The minimum absolute atomic E-state index is 0.0164. The van der Waals surface area contributed by atoms with E-state index in [0.717, 1.165) is 17.7 Å². The Hall–Kier alpha value is -1.55. The highest BCUT2D eigenvalue weighted by molar-refractivity contribution is 5.77. The maximum atomic E-state index is 11.7. The van der Waals surface area contributed by atoms with Gasteiger partial charge in [0.05, 0.1) is 26.7 Å². The van der Waals surface area contributed by atoms with Crippen LogP contribution in [-0.2, 0) is 16.1 Å².